The minimum Gasteiger partial charge on any atom is -0.478 e. The highest BCUT2D eigenvalue weighted by molar-refractivity contribution is 5.91. The first-order valence-electron chi connectivity index (χ1n) is 4.45. The lowest BCUT2D eigenvalue weighted by Crippen LogP contribution is -2.28. The lowest BCUT2D eigenvalue weighted by atomic mass is 10.3. The standard InChI is InChI=1S/C10H12N2O4/c1-15-12-6-9(10(13)14)16-8-4-2-7(11)3-5-8/h2-6,9H,11H2,1H3,(H,13,14). The van der Waals surface area contributed by atoms with Gasteiger partial charge in [-0.2, -0.15) is 0 Å². The van der Waals surface area contributed by atoms with Crippen LogP contribution in [0.5, 0.6) is 5.75 Å². The van der Waals surface area contributed by atoms with Gasteiger partial charge in [0.05, 0.1) is 6.21 Å². The Morgan fingerprint density at radius 1 is 1.50 bits per heavy atom. The predicted octanol–water partition coefficient (Wildman–Crippen LogP) is 0.733. The van der Waals surface area contributed by atoms with Gasteiger partial charge in [0.1, 0.15) is 12.9 Å². The predicted molar refractivity (Wildman–Crippen MR) is 58.4 cm³/mol. The number of hydrogen-bond donors (Lipinski definition) is 2. The van der Waals surface area contributed by atoms with Crippen molar-refractivity contribution in [3.63, 3.8) is 0 Å². The molecular formula is C10H12N2O4. The second-order valence-electron chi connectivity index (χ2n) is 2.88. The number of hydrogen-bond acceptors (Lipinski definition) is 5. The maximum atomic E-state index is 10.8. The Kier molecular flexibility index (Phi) is 4.14. The Balaban J connectivity index is 2.71. The van der Waals surface area contributed by atoms with Crippen LogP contribution in [0.3, 0.4) is 0 Å². The molecule has 0 aliphatic rings. The van der Waals surface area contributed by atoms with Gasteiger partial charge in [-0.1, -0.05) is 5.16 Å². The summed E-state index contributed by atoms with van der Waals surface area (Å²) in [5, 5.41) is 12.2. The molecule has 0 saturated heterocycles. The first kappa shape index (κ1) is 11.8. The molecule has 0 bridgehead atoms. The Morgan fingerprint density at radius 3 is 2.62 bits per heavy atom. The van der Waals surface area contributed by atoms with Crippen LogP contribution in [0.25, 0.3) is 0 Å². The molecule has 1 unspecified atom stereocenters. The fraction of sp³-hybridized carbons (Fsp3) is 0.200. The number of aliphatic carboxylic acids is 1. The summed E-state index contributed by atoms with van der Waals surface area (Å²) in [6.07, 6.45) is -0.137. The third-order valence-corrected chi connectivity index (χ3v) is 1.69. The zero-order valence-corrected chi connectivity index (χ0v) is 8.66. The zero-order chi connectivity index (χ0) is 12.0. The van der Waals surface area contributed by atoms with E-state index in [2.05, 4.69) is 9.99 Å². The smallest absolute Gasteiger partial charge is 0.350 e. The third kappa shape index (κ3) is 3.49. The van der Waals surface area contributed by atoms with Gasteiger partial charge in [0.2, 0.25) is 6.10 Å². The van der Waals surface area contributed by atoms with Gasteiger partial charge in [-0.25, -0.2) is 4.79 Å². The van der Waals surface area contributed by atoms with Gasteiger partial charge >= 0.3 is 5.97 Å². The molecule has 1 atom stereocenters. The van der Waals surface area contributed by atoms with E-state index < -0.39 is 12.1 Å². The van der Waals surface area contributed by atoms with E-state index >= 15 is 0 Å². The van der Waals surface area contributed by atoms with Gasteiger partial charge < -0.3 is 20.4 Å². The van der Waals surface area contributed by atoms with Crippen molar-refractivity contribution in [2.24, 2.45) is 5.16 Å². The number of carboxylic acid groups (broad SMARTS) is 1. The topological polar surface area (TPSA) is 94.1 Å². The van der Waals surface area contributed by atoms with Crippen LogP contribution in [-0.4, -0.2) is 30.5 Å². The summed E-state index contributed by atoms with van der Waals surface area (Å²) in [6, 6.07) is 6.38. The molecule has 0 amide bonds. The van der Waals surface area contributed by atoms with Crippen molar-refractivity contribution in [3.05, 3.63) is 24.3 Å². The van der Waals surface area contributed by atoms with Crippen LogP contribution in [0.15, 0.2) is 29.4 Å². The summed E-state index contributed by atoms with van der Waals surface area (Å²) in [7, 11) is 1.32. The number of anilines is 1. The van der Waals surface area contributed by atoms with Crippen LogP contribution in [0.2, 0.25) is 0 Å². The largest absolute Gasteiger partial charge is 0.478 e. The van der Waals surface area contributed by atoms with Crippen LogP contribution in [0.4, 0.5) is 5.69 Å². The molecule has 0 spiro atoms. The molecule has 0 aliphatic carbocycles. The van der Waals surface area contributed by atoms with Crippen molar-refractivity contribution >= 4 is 17.9 Å². The molecule has 86 valence electrons. The van der Waals surface area contributed by atoms with Gasteiger partial charge in [0, 0.05) is 5.69 Å². The average Bonchev–Trinajstić information content (AvgIpc) is 2.26. The van der Waals surface area contributed by atoms with E-state index in [0.717, 1.165) is 6.21 Å². The Bertz CT molecular complexity index is 375. The number of oxime groups is 1. The van der Waals surface area contributed by atoms with E-state index in [4.69, 9.17) is 15.6 Å². The quantitative estimate of drug-likeness (QED) is 0.437. The number of carbonyl (C=O) groups is 1. The van der Waals surface area contributed by atoms with Gasteiger partial charge in [-0.3, -0.25) is 0 Å². The maximum absolute atomic E-state index is 10.8. The third-order valence-electron chi connectivity index (χ3n) is 1.69. The minimum atomic E-state index is -1.19. The second kappa shape index (κ2) is 5.59. The number of rotatable bonds is 5. The highest BCUT2D eigenvalue weighted by atomic mass is 16.6. The molecule has 0 aliphatic heterocycles. The lowest BCUT2D eigenvalue weighted by molar-refractivity contribution is -0.141. The van der Waals surface area contributed by atoms with E-state index in [1.807, 2.05) is 0 Å². The van der Waals surface area contributed by atoms with Crippen LogP contribution >= 0.6 is 0 Å². The summed E-state index contributed by atoms with van der Waals surface area (Å²) >= 11 is 0. The normalized spacial score (nSPS) is 12.3. The van der Waals surface area contributed by atoms with E-state index in [1.54, 1.807) is 24.3 Å². The molecule has 6 heteroatoms. The molecule has 0 heterocycles. The molecule has 6 nitrogen and oxygen atoms in total. The average molecular weight is 224 g/mol. The minimum absolute atomic E-state index is 0.393. The SMILES string of the molecule is CON=CC(Oc1ccc(N)cc1)C(=O)O. The van der Waals surface area contributed by atoms with Crippen molar-refractivity contribution in [2.45, 2.75) is 6.10 Å². The van der Waals surface area contributed by atoms with Crippen molar-refractivity contribution in [3.8, 4) is 5.75 Å². The number of nitrogen functional groups attached to an aromatic ring is 1. The number of nitrogens with two attached hydrogens (primary N) is 1. The van der Waals surface area contributed by atoms with Crippen LogP contribution < -0.4 is 10.5 Å². The van der Waals surface area contributed by atoms with Crippen LogP contribution in [0.1, 0.15) is 0 Å². The Hall–Kier alpha value is -2.24. The van der Waals surface area contributed by atoms with E-state index in [9.17, 15) is 4.79 Å². The van der Waals surface area contributed by atoms with E-state index in [-0.39, 0.29) is 0 Å². The van der Waals surface area contributed by atoms with E-state index in [0.29, 0.717) is 11.4 Å². The van der Waals surface area contributed by atoms with Gasteiger partial charge in [0.15, 0.2) is 0 Å². The highest BCUT2D eigenvalue weighted by Crippen LogP contribution is 2.14. The molecule has 0 saturated carbocycles. The molecule has 1 rings (SSSR count). The molecule has 1 aromatic carbocycles. The summed E-state index contributed by atoms with van der Waals surface area (Å²) < 4.78 is 5.15. The molecular weight excluding hydrogens is 212 g/mol. The molecule has 0 aromatic heterocycles. The lowest BCUT2D eigenvalue weighted by Gasteiger charge is -2.10. The molecule has 0 radical (unpaired) electrons. The number of nitrogens with zero attached hydrogens (tertiary/aromatic N) is 1. The molecule has 1 aromatic rings. The summed E-state index contributed by atoms with van der Waals surface area (Å²) in [5.41, 5.74) is 6.05. The summed E-state index contributed by atoms with van der Waals surface area (Å²) in [5.74, 6) is -0.762. The monoisotopic (exact) mass is 224 g/mol. The highest BCUT2D eigenvalue weighted by Gasteiger charge is 2.16. The maximum Gasteiger partial charge on any atom is 0.350 e. The fourth-order valence-electron chi connectivity index (χ4n) is 0.954. The number of benzene rings is 1. The van der Waals surface area contributed by atoms with Gasteiger partial charge in [-0.05, 0) is 24.3 Å². The molecule has 3 N–H and O–H groups in total. The first-order chi connectivity index (χ1) is 7.63. The van der Waals surface area contributed by atoms with Gasteiger partial charge in [0.25, 0.3) is 0 Å². The number of carboxylic acids is 1. The summed E-state index contributed by atoms with van der Waals surface area (Å²) in [4.78, 5) is 15.2. The van der Waals surface area contributed by atoms with Crippen molar-refractivity contribution in [1.82, 2.24) is 0 Å². The van der Waals surface area contributed by atoms with Crippen molar-refractivity contribution in [2.75, 3.05) is 12.8 Å². The Morgan fingerprint density at radius 2 is 2.12 bits per heavy atom. The summed E-state index contributed by atoms with van der Waals surface area (Å²) in [6.45, 7) is 0. The van der Waals surface area contributed by atoms with Crippen LogP contribution in [-0.2, 0) is 9.63 Å². The number of ether oxygens (including phenoxy) is 1. The molecule has 16 heavy (non-hydrogen) atoms. The second-order valence-corrected chi connectivity index (χ2v) is 2.88. The zero-order valence-electron chi connectivity index (χ0n) is 8.66. The fourth-order valence-corrected chi connectivity index (χ4v) is 0.954. The van der Waals surface area contributed by atoms with Crippen molar-refractivity contribution < 1.29 is 19.5 Å². The van der Waals surface area contributed by atoms with Gasteiger partial charge in [-0.15, -0.1) is 0 Å². The molecule has 0 fully saturated rings. The Labute approximate surface area is 92.3 Å². The first-order valence-corrected chi connectivity index (χ1v) is 4.45. The van der Waals surface area contributed by atoms with Crippen LogP contribution in [0, 0.1) is 0 Å². The van der Waals surface area contributed by atoms with Crippen molar-refractivity contribution in [1.29, 1.82) is 0 Å². The van der Waals surface area contributed by atoms with E-state index in [1.165, 1.54) is 7.11 Å².